The van der Waals surface area contributed by atoms with Crippen molar-refractivity contribution in [1.29, 1.82) is 0 Å². The van der Waals surface area contributed by atoms with Crippen LogP contribution < -0.4 is 0 Å². The third kappa shape index (κ3) is 1.08. The number of aromatic nitrogens is 2. The quantitative estimate of drug-likeness (QED) is 0.730. The van der Waals surface area contributed by atoms with Gasteiger partial charge in [-0.1, -0.05) is 18.2 Å². The van der Waals surface area contributed by atoms with Crippen LogP contribution in [0.1, 0.15) is 5.56 Å². The molecule has 0 saturated carbocycles. The molecular formula is C9H10N2O. The number of para-hydroxylation sites is 1. The lowest BCUT2D eigenvalue weighted by Gasteiger charge is -1.99. The lowest BCUT2D eigenvalue weighted by Crippen LogP contribution is -1.88. The van der Waals surface area contributed by atoms with Gasteiger partial charge in [-0.25, -0.2) is 0 Å². The summed E-state index contributed by atoms with van der Waals surface area (Å²) in [6, 6.07) is 6.06. The number of rotatable bonds is 2. The van der Waals surface area contributed by atoms with Crippen LogP contribution in [0.15, 0.2) is 24.4 Å². The predicted octanol–water partition coefficient (Wildman–Crippen LogP) is 1.71. The number of methoxy groups -OCH3 is 1. The highest BCUT2D eigenvalue weighted by Crippen LogP contribution is 2.15. The van der Waals surface area contributed by atoms with Gasteiger partial charge in [-0.2, -0.15) is 5.10 Å². The number of ether oxygens (including phenoxy) is 1. The van der Waals surface area contributed by atoms with Crippen molar-refractivity contribution >= 4 is 10.9 Å². The molecule has 0 aliphatic heterocycles. The fourth-order valence-electron chi connectivity index (χ4n) is 1.31. The van der Waals surface area contributed by atoms with Crippen molar-refractivity contribution in [3.8, 4) is 0 Å². The van der Waals surface area contributed by atoms with Gasteiger partial charge < -0.3 is 4.74 Å². The first-order valence-electron chi connectivity index (χ1n) is 3.81. The third-order valence-electron chi connectivity index (χ3n) is 1.86. The highest BCUT2D eigenvalue weighted by atomic mass is 16.5. The van der Waals surface area contributed by atoms with Crippen molar-refractivity contribution < 1.29 is 4.74 Å². The van der Waals surface area contributed by atoms with Gasteiger partial charge in [-0.15, -0.1) is 0 Å². The Morgan fingerprint density at radius 2 is 2.42 bits per heavy atom. The van der Waals surface area contributed by atoms with Gasteiger partial charge in [0.05, 0.1) is 18.3 Å². The normalized spacial score (nSPS) is 10.8. The van der Waals surface area contributed by atoms with Crippen molar-refractivity contribution in [2.24, 2.45) is 0 Å². The molecule has 0 unspecified atom stereocenters. The van der Waals surface area contributed by atoms with Crippen LogP contribution in [0.25, 0.3) is 10.9 Å². The highest BCUT2D eigenvalue weighted by molar-refractivity contribution is 5.80. The van der Waals surface area contributed by atoms with Crippen LogP contribution >= 0.6 is 0 Å². The van der Waals surface area contributed by atoms with Crippen molar-refractivity contribution in [3.63, 3.8) is 0 Å². The van der Waals surface area contributed by atoms with Gasteiger partial charge in [0.25, 0.3) is 0 Å². The van der Waals surface area contributed by atoms with Crippen LogP contribution in [0.2, 0.25) is 0 Å². The number of fused-ring (bicyclic) bond motifs is 1. The van der Waals surface area contributed by atoms with Crippen LogP contribution in [0.5, 0.6) is 0 Å². The van der Waals surface area contributed by atoms with E-state index in [-0.39, 0.29) is 0 Å². The molecule has 0 radical (unpaired) electrons. The maximum Gasteiger partial charge on any atom is 0.0734 e. The standard InChI is InChI=1S/C9H10N2O/c1-12-6-8-4-2-3-7-5-10-11-9(7)8/h2-5H,6H2,1H3,(H,10,11). The van der Waals surface area contributed by atoms with Crippen LogP contribution in [0.3, 0.4) is 0 Å². The summed E-state index contributed by atoms with van der Waals surface area (Å²) in [5, 5.41) is 8.04. The van der Waals surface area contributed by atoms with Gasteiger partial charge in [0.15, 0.2) is 0 Å². The summed E-state index contributed by atoms with van der Waals surface area (Å²) in [6.45, 7) is 0.625. The largest absolute Gasteiger partial charge is 0.380 e. The van der Waals surface area contributed by atoms with Gasteiger partial charge in [0, 0.05) is 18.1 Å². The molecule has 3 nitrogen and oxygen atoms in total. The Labute approximate surface area is 70.4 Å². The minimum absolute atomic E-state index is 0.625. The van der Waals surface area contributed by atoms with E-state index in [9.17, 15) is 0 Å². The van der Waals surface area contributed by atoms with Crippen molar-refractivity contribution in [1.82, 2.24) is 10.2 Å². The zero-order valence-electron chi connectivity index (χ0n) is 6.87. The highest BCUT2D eigenvalue weighted by Gasteiger charge is 2.00. The molecule has 3 heteroatoms. The van der Waals surface area contributed by atoms with Crippen LogP contribution in [0, 0.1) is 0 Å². The molecule has 62 valence electrons. The lowest BCUT2D eigenvalue weighted by atomic mass is 10.1. The molecule has 0 aliphatic carbocycles. The topological polar surface area (TPSA) is 37.9 Å². The Morgan fingerprint density at radius 1 is 1.50 bits per heavy atom. The van der Waals surface area contributed by atoms with Gasteiger partial charge in [0.1, 0.15) is 0 Å². The van der Waals surface area contributed by atoms with Crippen LogP contribution in [-0.4, -0.2) is 17.3 Å². The monoisotopic (exact) mass is 162 g/mol. The lowest BCUT2D eigenvalue weighted by molar-refractivity contribution is 0.186. The van der Waals surface area contributed by atoms with E-state index < -0.39 is 0 Å². The van der Waals surface area contributed by atoms with E-state index >= 15 is 0 Å². The number of hydrogen-bond acceptors (Lipinski definition) is 2. The average Bonchev–Trinajstić information content (AvgIpc) is 2.53. The number of benzene rings is 1. The maximum atomic E-state index is 5.06. The molecular weight excluding hydrogens is 152 g/mol. The zero-order chi connectivity index (χ0) is 8.39. The summed E-state index contributed by atoms with van der Waals surface area (Å²) in [7, 11) is 1.69. The molecule has 0 saturated heterocycles. The summed E-state index contributed by atoms with van der Waals surface area (Å²) >= 11 is 0. The Morgan fingerprint density at radius 3 is 3.25 bits per heavy atom. The second kappa shape index (κ2) is 2.95. The summed E-state index contributed by atoms with van der Waals surface area (Å²) in [5.41, 5.74) is 2.21. The SMILES string of the molecule is COCc1cccc2cn[nH]c12. The molecule has 1 heterocycles. The van der Waals surface area contributed by atoms with Crippen molar-refractivity contribution in [2.45, 2.75) is 6.61 Å². The Hall–Kier alpha value is -1.35. The molecule has 1 N–H and O–H groups in total. The van der Waals surface area contributed by atoms with Gasteiger partial charge in [-0.05, 0) is 0 Å². The number of nitrogens with one attached hydrogen (secondary N) is 1. The number of hydrogen-bond donors (Lipinski definition) is 1. The molecule has 1 aromatic carbocycles. The second-order valence-electron chi connectivity index (χ2n) is 2.68. The van der Waals surface area contributed by atoms with E-state index in [4.69, 9.17) is 4.74 Å². The smallest absolute Gasteiger partial charge is 0.0734 e. The fourth-order valence-corrected chi connectivity index (χ4v) is 1.31. The van der Waals surface area contributed by atoms with E-state index in [0.717, 1.165) is 16.5 Å². The Bertz CT molecular complexity index is 381. The van der Waals surface area contributed by atoms with E-state index in [2.05, 4.69) is 10.2 Å². The van der Waals surface area contributed by atoms with E-state index in [0.29, 0.717) is 6.61 Å². The fraction of sp³-hybridized carbons (Fsp3) is 0.222. The summed E-state index contributed by atoms with van der Waals surface area (Å²) in [6.07, 6.45) is 1.81. The van der Waals surface area contributed by atoms with Crippen LogP contribution in [0.4, 0.5) is 0 Å². The number of H-pyrrole nitrogens is 1. The molecule has 0 atom stereocenters. The Kier molecular flexibility index (Phi) is 1.80. The van der Waals surface area contributed by atoms with Gasteiger partial charge >= 0.3 is 0 Å². The molecule has 0 spiro atoms. The van der Waals surface area contributed by atoms with E-state index in [1.807, 2.05) is 24.4 Å². The summed E-state index contributed by atoms with van der Waals surface area (Å²) in [5.74, 6) is 0. The molecule has 1 aromatic heterocycles. The number of nitrogens with zero attached hydrogens (tertiary/aromatic N) is 1. The maximum absolute atomic E-state index is 5.06. The van der Waals surface area contributed by atoms with Gasteiger partial charge in [0.2, 0.25) is 0 Å². The molecule has 0 bridgehead atoms. The van der Waals surface area contributed by atoms with Crippen molar-refractivity contribution in [2.75, 3.05) is 7.11 Å². The first kappa shape index (κ1) is 7.31. The summed E-state index contributed by atoms with van der Waals surface area (Å²) in [4.78, 5) is 0. The molecule has 2 aromatic rings. The molecule has 2 rings (SSSR count). The first-order valence-corrected chi connectivity index (χ1v) is 3.81. The predicted molar refractivity (Wildman–Crippen MR) is 46.8 cm³/mol. The van der Waals surface area contributed by atoms with Crippen LogP contribution in [-0.2, 0) is 11.3 Å². The van der Waals surface area contributed by atoms with E-state index in [1.165, 1.54) is 0 Å². The Balaban J connectivity index is 2.57. The minimum Gasteiger partial charge on any atom is -0.380 e. The summed E-state index contributed by atoms with van der Waals surface area (Å²) < 4.78 is 5.06. The van der Waals surface area contributed by atoms with Gasteiger partial charge in [-0.3, -0.25) is 5.10 Å². The molecule has 0 aliphatic rings. The van der Waals surface area contributed by atoms with E-state index in [1.54, 1.807) is 7.11 Å². The minimum atomic E-state index is 0.625. The second-order valence-corrected chi connectivity index (χ2v) is 2.68. The first-order chi connectivity index (χ1) is 5.92. The average molecular weight is 162 g/mol. The molecule has 12 heavy (non-hydrogen) atoms. The number of aromatic amines is 1. The molecule has 0 fully saturated rings. The third-order valence-corrected chi connectivity index (χ3v) is 1.86. The molecule has 0 amide bonds. The zero-order valence-corrected chi connectivity index (χ0v) is 6.87. The van der Waals surface area contributed by atoms with Crippen molar-refractivity contribution in [3.05, 3.63) is 30.0 Å².